The monoisotopic (exact) mass is 274 g/mol. The molecule has 0 amide bonds. The number of fused-ring (bicyclic) bond motifs is 1. The Labute approximate surface area is 115 Å². The van der Waals surface area contributed by atoms with Crippen LogP contribution < -0.4 is 4.74 Å². The summed E-state index contributed by atoms with van der Waals surface area (Å²) in [6, 6.07) is 7.79. The molecule has 4 nitrogen and oxygen atoms in total. The molecule has 0 bridgehead atoms. The molecule has 19 heavy (non-hydrogen) atoms. The number of benzene rings is 1. The van der Waals surface area contributed by atoms with E-state index in [1.165, 1.54) is 0 Å². The second kappa shape index (κ2) is 5.09. The van der Waals surface area contributed by atoms with Gasteiger partial charge in [-0.3, -0.25) is 4.79 Å². The first-order valence-corrected chi connectivity index (χ1v) is 7.22. The van der Waals surface area contributed by atoms with Gasteiger partial charge in [-0.1, -0.05) is 12.1 Å². The lowest BCUT2D eigenvalue weighted by atomic mass is 10.2. The number of imidazole rings is 1. The molecule has 0 spiro atoms. The zero-order valence-corrected chi connectivity index (χ0v) is 11.4. The Hall–Kier alpha value is -1.75. The molecule has 1 aromatic heterocycles. The van der Waals surface area contributed by atoms with E-state index in [1.54, 1.807) is 18.0 Å². The molecule has 0 N–H and O–H groups in total. The molecule has 1 unspecified atom stereocenters. The van der Waals surface area contributed by atoms with E-state index in [0.29, 0.717) is 11.6 Å². The van der Waals surface area contributed by atoms with Gasteiger partial charge >= 0.3 is 0 Å². The molecule has 2 heterocycles. The lowest BCUT2D eigenvalue weighted by Gasteiger charge is -2.24. The van der Waals surface area contributed by atoms with E-state index in [9.17, 15) is 4.79 Å². The van der Waals surface area contributed by atoms with Crippen LogP contribution in [0.4, 0.5) is 0 Å². The number of rotatable bonds is 3. The summed E-state index contributed by atoms with van der Waals surface area (Å²) < 4.78 is 7.64. The number of thioether (sulfide) groups is 1. The quantitative estimate of drug-likeness (QED) is 0.807. The molecule has 5 heteroatoms. The van der Waals surface area contributed by atoms with Crippen molar-refractivity contribution < 1.29 is 9.53 Å². The average Bonchev–Trinajstić information content (AvgIpc) is 2.94. The predicted octanol–water partition coefficient (Wildman–Crippen LogP) is 2.64. The molecule has 3 rings (SSSR count). The molecule has 0 aliphatic carbocycles. The number of para-hydroxylation sites is 1. The highest BCUT2D eigenvalue weighted by Gasteiger charge is 2.29. The molecule has 0 radical (unpaired) electrons. The molecule has 1 atom stereocenters. The molecule has 2 aromatic rings. The Morgan fingerprint density at radius 2 is 2.37 bits per heavy atom. The second-order valence-electron chi connectivity index (χ2n) is 4.27. The number of Topliss-reactive ketones (excluding diaryl/α,β-unsaturated/α-hetero) is 1. The fourth-order valence-electron chi connectivity index (χ4n) is 2.08. The van der Waals surface area contributed by atoms with Gasteiger partial charge in [0.05, 0.1) is 0 Å². The van der Waals surface area contributed by atoms with Gasteiger partial charge in [0.15, 0.2) is 11.9 Å². The highest BCUT2D eigenvalue weighted by Crippen LogP contribution is 2.35. The molecular weight excluding hydrogens is 260 g/mol. The van der Waals surface area contributed by atoms with Gasteiger partial charge in [-0.05, 0) is 19.1 Å². The fourth-order valence-corrected chi connectivity index (χ4v) is 3.07. The Morgan fingerprint density at radius 1 is 1.53 bits per heavy atom. The summed E-state index contributed by atoms with van der Waals surface area (Å²) in [7, 11) is 0. The van der Waals surface area contributed by atoms with Crippen LogP contribution in [0.3, 0.4) is 0 Å². The first-order valence-electron chi connectivity index (χ1n) is 6.23. The largest absolute Gasteiger partial charge is 0.480 e. The van der Waals surface area contributed by atoms with Crippen molar-refractivity contribution in [3.05, 3.63) is 42.5 Å². The smallest absolute Gasteiger partial charge is 0.239 e. The maximum atomic E-state index is 12.4. The van der Waals surface area contributed by atoms with Crippen LogP contribution in [0.2, 0.25) is 0 Å². The van der Waals surface area contributed by atoms with Crippen LogP contribution >= 0.6 is 11.8 Å². The van der Waals surface area contributed by atoms with Crippen LogP contribution in [-0.2, 0) is 6.54 Å². The zero-order valence-electron chi connectivity index (χ0n) is 10.6. The lowest BCUT2D eigenvalue weighted by Crippen LogP contribution is -2.34. The number of hydrogen-bond donors (Lipinski definition) is 0. The van der Waals surface area contributed by atoms with E-state index >= 15 is 0 Å². The number of ether oxygens (including phenoxy) is 1. The first kappa shape index (κ1) is 12.3. The number of aryl methyl sites for hydroxylation is 1. The number of carbonyl (C=O) groups excluding carboxylic acids is 1. The summed E-state index contributed by atoms with van der Waals surface area (Å²) >= 11 is 1.65. The van der Waals surface area contributed by atoms with Crippen molar-refractivity contribution >= 4 is 17.5 Å². The first-order chi connectivity index (χ1) is 9.29. The van der Waals surface area contributed by atoms with Crippen molar-refractivity contribution in [2.45, 2.75) is 24.5 Å². The summed E-state index contributed by atoms with van der Waals surface area (Å²) in [5.74, 6) is 1.85. The standard InChI is InChI=1S/C14H14N2O2S/c1-2-16-8-7-15-14(16)13(17)11-9-19-12-6-4-3-5-10(12)18-11/h3-8,11H,2,9H2,1H3. The Balaban J connectivity index is 1.83. The molecule has 98 valence electrons. The number of hydrogen-bond acceptors (Lipinski definition) is 4. The average molecular weight is 274 g/mol. The van der Waals surface area contributed by atoms with Gasteiger partial charge in [-0.2, -0.15) is 0 Å². The summed E-state index contributed by atoms with van der Waals surface area (Å²) in [5.41, 5.74) is 0. The number of carbonyl (C=O) groups is 1. The van der Waals surface area contributed by atoms with Crippen LogP contribution in [0.5, 0.6) is 5.75 Å². The van der Waals surface area contributed by atoms with Gasteiger partial charge in [-0.25, -0.2) is 4.98 Å². The number of nitrogens with zero attached hydrogens (tertiary/aromatic N) is 2. The summed E-state index contributed by atoms with van der Waals surface area (Å²) in [6.45, 7) is 2.72. The fraction of sp³-hybridized carbons (Fsp3) is 0.286. The Morgan fingerprint density at radius 3 is 3.21 bits per heavy atom. The van der Waals surface area contributed by atoms with Crippen molar-refractivity contribution in [3.63, 3.8) is 0 Å². The minimum absolute atomic E-state index is 0.0474. The van der Waals surface area contributed by atoms with Gasteiger partial charge in [0, 0.05) is 29.6 Å². The highest BCUT2D eigenvalue weighted by molar-refractivity contribution is 7.99. The SMILES string of the molecule is CCn1ccnc1C(=O)C1CSc2ccccc2O1. The highest BCUT2D eigenvalue weighted by atomic mass is 32.2. The lowest BCUT2D eigenvalue weighted by molar-refractivity contribution is 0.0799. The minimum atomic E-state index is -0.451. The molecule has 0 saturated heterocycles. The van der Waals surface area contributed by atoms with Crippen molar-refractivity contribution in [2.24, 2.45) is 0 Å². The van der Waals surface area contributed by atoms with Gasteiger partial charge < -0.3 is 9.30 Å². The molecule has 1 aliphatic rings. The molecule has 0 fully saturated rings. The summed E-state index contributed by atoms with van der Waals surface area (Å²) in [4.78, 5) is 17.7. The van der Waals surface area contributed by atoms with Crippen molar-refractivity contribution in [2.75, 3.05) is 5.75 Å². The third kappa shape index (κ3) is 2.26. The maximum Gasteiger partial charge on any atom is 0.239 e. The number of ketones is 1. The Kier molecular flexibility index (Phi) is 3.29. The van der Waals surface area contributed by atoms with Crippen LogP contribution in [0.25, 0.3) is 0 Å². The van der Waals surface area contributed by atoms with E-state index in [-0.39, 0.29) is 5.78 Å². The zero-order chi connectivity index (χ0) is 13.2. The topological polar surface area (TPSA) is 44.1 Å². The van der Waals surface area contributed by atoms with Crippen molar-refractivity contribution in [3.8, 4) is 5.75 Å². The molecule has 0 saturated carbocycles. The predicted molar refractivity (Wildman–Crippen MR) is 73.8 cm³/mol. The third-order valence-corrected chi connectivity index (χ3v) is 4.20. The molecular formula is C14H14N2O2S. The van der Waals surface area contributed by atoms with Crippen LogP contribution in [-0.4, -0.2) is 27.2 Å². The van der Waals surface area contributed by atoms with Crippen molar-refractivity contribution in [1.82, 2.24) is 9.55 Å². The van der Waals surface area contributed by atoms with Gasteiger partial charge in [0.25, 0.3) is 0 Å². The van der Waals surface area contributed by atoms with Crippen LogP contribution in [0.15, 0.2) is 41.6 Å². The maximum absolute atomic E-state index is 12.4. The van der Waals surface area contributed by atoms with Gasteiger partial charge in [-0.15, -0.1) is 11.8 Å². The van der Waals surface area contributed by atoms with Crippen LogP contribution in [0.1, 0.15) is 17.5 Å². The van der Waals surface area contributed by atoms with E-state index in [4.69, 9.17) is 4.74 Å². The molecule has 1 aromatic carbocycles. The molecule has 1 aliphatic heterocycles. The van der Waals surface area contributed by atoms with E-state index in [1.807, 2.05) is 42.0 Å². The van der Waals surface area contributed by atoms with Crippen LogP contribution in [0, 0.1) is 0 Å². The second-order valence-corrected chi connectivity index (χ2v) is 5.33. The van der Waals surface area contributed by atoms with E-state index in [0.717, 1.165) is 17.2 Å². The summed E-state index contributed by atoms with van der Waals surface area (Å²) in [5, 5.41) is 0. The Bertz CT molecular complexity index is 609. The normalized spacial score (nSPS) is 17.6. The van der Waals surface area contributed by atoms with E-state index < -0.39 is 6.10 Å². The number of aromatic nitrogens is 2. The minimum Gasteiger partial charge on any atom is -0.480 e. The summed E-state index contributed by atoms with van der Waals surface area (Å²) in [6.07, 6.45) is 3.02. The van der Waals surface area contributed by atoms with Gasteiger partial charge in [0.1, 0.15) is 5.75 Å². The third-order valence-electron chi connectivity index (χ3n) is 3.08. The van der Waals surface area contributed by atoms with Gasteiger partial charge in [0.2, 0.25) is 5.78 Å². The van der Waals surface area contributed by atoms with Crippen molar-refractivity contribution in [1.29, 1.82) is 0 Å². The van der Waals surface area contributed by atoms with E-state index in [2.05, 4.69) is 4.98 Å².